The summed E-state index contributed by atoms with van der Waals surface area (Å²) in [6, 6.07) is -0.0119. The highest BCUT2D eigenvalue weighted by Crippen LogP contribution is 2.10. The summed E-state index contributed by atoms with van der Waals surface area (Å²) < 4.78 is 0. The van der Waals surface area contributed by atoms with E-state index >= 15 is 0 Å². The highest BCUT2D eigenvalue weighted by molar-refractivity contribution is 5.58. The van der Waals surface area contributed by atoms with E-state index in [1.54, 1.807) is 0 Å². The fourth-order valence-electron chi connectivity index (χ4n) is 1.09. The fraction of sp³-hybridized carbons (Fsp3) is 0.833. The van der Waals surface area contributed by atoms with Gasteiger partial charge in [-0.3, -0.25) is 0 Å². The third-order valence-electron chi connectivity index (χ3n) is 1.68. The smallest absolute Gasteiger partial charge is 0.136 e. The van der Waals surface area contributed by atoms with Crippen molar-refractivity contribution in [3.05, 3.63) is 0 Å². The van der Waals surface area contributed by atoms with Crippen LogP contribution in [-0.4, -0.2) is 30.6 Å². The van der Waals surface area contributed by atoms with Crippen LogP contribution in [-0.2, 0) is 4.79 Å². The second kappa shape index (κ2) is 2.94. The molecule has 1 saturated heterocycles. The fourth-order valence-corrected chi connectivity index (χ4v) is 1.09. The average Bonchev–Trinajstić information content (AvgIpc) is 2.34. The summed E-state index contributed by atoms with van der Waals surface area (Å²) in [6.45, 7) is 0.969. The van der Waals surface area contributed by atoms with Gasteiger partial charge in [0, 0.05) is 13.2 Å². The molecule has 0 aliphatic carbocycles. The van der Waals surface area contributed by atoms with Gasteiger partial charge in [0.25, 0.3) is 0 Å². The first-order valence-electron chi connectivity index (χ1n) is 3.16. The van der Waals surface area contributed by atoms with Crippen molar-refractivity contribution >= 4 is 6.29 Å². The normalized spacial score (nSPS) is 34.8. The Labute approximate surface area is 54.1 Å². The quantitative estimate of drug-likeness (QED) is 0.478. The van der Waals surface area contributed by atoms with Crippen LogP contribution >= 0.6 is 0 Å². The van der Waals surface area contributed by atoms with E-state index in [9.17, 15) is 4.79 Å². The van der Waals surface area contributed by atoms with E-state index < -0.39 is 0 Å². The minimum atomic E-state index is -0.0119. The summed E-state index contributed by atoms with van der Waals surface area (Å²) in [5.74, 6) is 0.292. The van der Waals surface area contributed by atoms with Crippen LogP contribution in [0.2, 0.25) is 0 Å². The maximum Gasteiger partial charge on any atom is 0.136 e. The Kier molecular flexibility index (Phi) is 2.19. The Balaban J connectivity index is 2.28. The Bertz CT molecular complexity index is 105. The standard InChI is InChI=1S/C6H11NO2/c8-3-5-1-6(4-9)7-2-5/h4-8H,1-3H2/t5?,6-/m0/s1. The molecule has 0 radical (unpaired) electrons. The summed E-state index contributed by atoms with van der Waals surface area (Å²) in [6.07, 6.45) is 1.69. The highest BCUT2D eigenvalue weighted by Gasteiger charge is 2.21. The van der Waals surface area contributed by atoms with Gasteiger partial charge >= 0.3 is 0 Å². The van der Waals surface area contributed by atoms with Gasteiger partial charge in [-0.1, -0.05) is 0 Å². The van der Waals surface area contributed by atoms with Crippen molar-refractivity contribution in [3.8, 4) is 0 Å². The molecular weight excluding hydrogens is 118 g/mol. The predicted molar refractivity (Wildman–Crippen MR) is 33.0 cm³/mol. The van der Waals surface area contributed by atoms with Gasteiger partial charge in [-0.2, -0.15) is 0 Å². The molecule has 1 unspecified atom stereocenters. The van der Waals surface area contributed by atoms with Gasteiger partial charge in [-0.25, -0.2) is 0 Å². The molecule has 1 aliphatic rings. The van der Waals surface area contributed by atoms with E-state index in [4.69, 9.17) is 5.11 Å². The topological polar surface area (TPSA) is 49.3 Å². The monoisotopic (exact) mass is 129 g/mol. The Morgan fingerprint density at radius 3 is 2.89 bits per heavy atom. The summed E-state index contributed by atoms with van der Waals surface area (Å²) in [7, 11) is 0. The molecule has 3 heteroatoms. The van der Waals surface area contributed by atoms with Crippen molar-refractivity contribution in [2.24, 2.45) is 5.92 Å². The summed E-state index contributed by atoms with van der Waals surface area (Å²) in [5, 5.41) is 11.6. The number of carbonyl (C=O) groups excluding carboxylic acids is 1. The number of hydrogen-bond donors (Lipinski definition) is 2. The minimum Gasteiger partial charge on any atom is -0.396 e. The third-order valence-corrected chi connectivity index (χ3v) is 1.68. The number of aliphatic hydroxyl groups is 1. The van der Waals surface area contributed by atoms with Crippen molar-refractivity contribution in [2.75, 3.05) is 13.2 Å². The van der Waals surface area contributed by atoms with E-state index in [2.05, 4.69) is 5.32 Å². The SMILES string of the molecule is O=C[C@@H]1CC(CO)CN1. The Morgan fingerprint density at radius 1 is 1.78 bits per heavy atom. The van der Waals surface area contributed by atoms with E-state index in [0.29, 0.717) is 5.92 Å². The Hall–Kier alpha value is -0.410. The second-order valence-corrected chi connectivity index (χ2v) is 2.44. The van der Waals surface area contributed by atoms with Crippen LogP contribution in [0.4, 0.5) is 0 Å². The first-order valence-corrected chi connectivity index (χ1v) is 3.16. The van der Waals surface area contributed by atoms with Crippen molar-refractivity contribution in [1.29, 1.82) is 0 Å². The largest absolute Gasteiger partial charge is 0.396 e. The maximum atomic E-state index is 10.1. The zero-order chi connectivity index (χ0) is 6.69. The van der Waals surface area contributed by atoms with Crippen molar-refractivity contribution < 1.29 is 9.90 Å². The molecule has 0 aromatic rings. The molecule has 0 aromatic carbocycles. The molecular formula is C6H11NO2. The van der Waals surface area contributed by atoms with Gasteiger partial charge in [0.1, 0.15) is 6.29 Å². The van der Waals surface area contributed by atoms with Gasteiger partial charge < -0.3 is 15.2 Å². The van der Waals surface area contributed by atoms with Crippen LogP contribution in [0.1, 0.15) is 6.42 Å². The lowest BCUT2D eigenvalue weighted by Crippen LogP contribution is -2.22. The van der Waals surface area contributed by atoms with Crippen molar-refractivity contribution in [2.45, 2.75) is 12.5 Å². The molecule has 52 valence electrons. The van der Waals surface area contributed by atoms with E-state index in [-0.39, 0.29) is 12.6 Å². The van der Waals surface area contributed by atoms with Gasteiger partial charge in [-0.05, 0) is 12.3 Å². The van der Waals surface area contributed by atoms with E-state index in [0.717, 1.165) is 19.3 Å². The Morgan fingerprint density at radius 2 is 2.56 bits per heavy atom. The van der Waals surface area contributed by atoms with Crippen molar-refractivity contribution in [1.82, 2.24) is 5.32 Å². The van der Waals surface area contributed by atoms with Gasteiger partial charge in [0.05, 0.1) is 6.04 Å². The zero-order valence-corrected chi connectivity index (χ0v) is 5.21. The van der Waals surface area contributed by atoms with Gasteiger partial charge in [0.15, 0.2) is 0 Å². The number of aldehydes is 1. The molecule has 3 nitrogen and oxygen atoms in total. The zero-order valence-electron chi connectivity index (χ0n) is 5.21. The minimum absolute atomic E-state index is 0.0119. The summed E-state index contributed by atoms with van der Waals surface area (Å²) >= 11 is 0. The molecule has 1 heterocycles. The van der Waals surface area contributed by atoms with Crippen LogP contribution in [0.5, 0.6) is 0 Å². The van der Waals surface area contributed by atoms with Gasteiger partial charge in [0.2, 0.25) is 0 Å². The summed E-state index contributed by atoms with van der Waals surface area (Å²) in [4.78, 5) is 10.1. The average molecular weight is 129 g/mol. The molecule has 0 spiro atoms. The van der Waals surface area contributed by atoms with Gasteiger partial charge in [-0.15, -0.1) is 0 Å². The van der Waals surface area contributed by atoms with E-state index in [1.807, 2.05) is 0 Å². The number of hydrogen-bond acceptors (Lipinski definition) is 3. The lowest BCUT2D eigenvalue weighted by atomic mass is 10.1. The second-order valence-electron chi connectivity index (χ2n) is 2.44. The lowest BCUT2D eigenvalue weighted by Gasteiger charge is -1.99. The lowest BCUT2D eigenvalue weighted by molar-refractivity contribution is -0.109. The van der Waals surface area contributed by atoms with E-state index in [1.165, 1.54) is 0 Å². The molecule has 1 rings (SSSR count). The molecule has 1 aliphatic heterocycles. The maximum absolute atomic E-state index is 10.1. The molecule has 0 aromatic heterocycles. The van der Waals surface area contributed by atoms with Crippen LogP contribution in [0.3, 0.4) is 0 Å². The first kappa shape index (κ1) is 6.71. The predicted octanol–water partition coefficient (Wildman–Crippen LogP) is -0.844. The van der Waals surface area contributed by atoms with Crippen LogP contribution in [0.15, 0.2) is 0 Å². The number of rotatable bonds is 2. The van der Waals surface area contributed by atoms with Crippen LogP contribution in [0.25, 0.3) is 0 Å². The molecule has 9 heavy (non-hydrogen) atoms. The third kappa shape index (κ3) is 1.50. The summed E-state index contributed by atoms with van der Waals surface area (Å²) in [5.41, 5.74) is 0. The molecule has 0 bridgehead atoms. The molecule has 1 fully saturated rings. The van der Waals surface area contributed by atoms with Crippen LogP contribution < -0.4 is 5.32 Å². The first-order chi connectivity index (χ1) is 4.36. The molecule has 2 N–H and O–H groups in total. The number of carbonyl (C=O) groups is 1. The highest BCUT2D eigenvalue weighted by atomic mass is 16.3. The molecule has 0 amide bonds. The number of aliphatic hydroxyl groups excluding tert-OH is 1. The van der Waals surface area contributed by atoms with Crippen LogP contribution in [0, 0.1) is 5.92 Å². The van der Waals surface area contributed by atoms with Crippen molar-refractivity contribution in [3.63, 3.8) is 0 Å². The molecule has 0 saturated carbocycles. The number of nitrogens with one attached hydrogen (secondary N) is 1. The molecule has 2 atom stereocenters.